The molecule has 1 aliphatic heterocycles. The SMILES string of the molecule is O=C(O)c1c(Cl)cccc1NC(=O)C1CNC1. The fourth-order valence-electron chi connectivity index (χ4n) is 1.55. The van der Waals surface area contributed by atoms with Crippen LogP contribution in [0.25, 0.3) is 0 Å². The van der Waals surface area contributed by atoms with Crippen LogP contribution in [0, 0.1) is 5.92 Å². The van der Waals surface area contributed by atoms with Gasteiger partial charge in [0.1, 0.15) is 5.56 Å². The Morgan fingerprint density at radius 2 is 2.12 bits per heavy atom. The number of aromatic carboxylic acids is 1. The van der Waals surface area contributed by atoms with Crippen molar-refractivity contribution >= 4 is 29.2 Å². The first-order chi connectivity index (χ1) is 8.09. The first kappa shape index (κ1) is 11.9. The second kappa shape index (κ2) is 4.73. The van der Waals surface area contributed by atoms with Crippen LogP contribution in [-0.2, 0) is 4.79 Å². The number of hydrogen-bond donors (Lipinski definition) is 3. The molecule has 0 aromatic heterocycles. The van der Waals surface area contributed by atoms with Gasteiger partial charge < -0.3 is 15.7 Å². The smallest absolute Gasteiger partial charge is 0.339 e. The van der Waals surface area contributed by atoms with Gasteiger partial charge in [0, 0.05) is 13.1 Å². The van der Waals surface area contributed by atoms with Crippen molar-refractivity contribution in [2.75, 3.05) is 18.4 Å². The van der Waals surface area contributed by atoms with Crippen LogP contribution in [0.1, 0.15) is 10.4 Å². The minimum absolute atomic E-state index is 0.0743. The maximum Gasteiger partial charge on any atom is 0.339 e. The number of hydrogen-bond acceptors (Lipinski definition) is 3. The zero-order chi connectivity index (χ0) is 12.4. The third-order valence-electron chi connectivity index (χ3n) is 2.64. The van der Waals surface area contributed by atoms with E-state index in [1.807, 2.05) is 0 Å². The van der Waals surface area contributed by atoms with Gasteiger partial charge in [0.2, 0.25) is 5.91 Å². The van der Waals surface area contributed by atoms with Crippen molar-refractivity contribution in [3.05, 3.63) is 28.8 Å². The van der Waals surface area contributed by atoms with Gasteiger partial charge in [-0.15, -0.1) is 0 Å². The van der Waals surface area contributed by atoms with E-state index in [0.717, 1.165) is 0 Å². The van der Waals surface area contributed by atoms with Gasteiger partial charge in [-0.3, -0.25) is 4.79 Å². The highest BCUT2D eigenvalue weighted by Gasteiger charge is 2.26. The standard InChI is InChI=1S/C11H11ClN2O3/c12-7-2-1-3-8(9(7)11(16)17)14-10(15)6-4-13-5-6/h1-3,6,13H,4-5H2,(H,14,15)(H,16,17). The number of benzene rings is 1. The highest BCUT2D eigenvalue weighted by molar-refractivity contribution is 6.34. The lowest BCUT2D eigenvalue weighted by atomic mass is 10.0. The minimum Gasteiger partial charge on any atom is -0.478 e. The largest absolute Gasteiger partial charge is 0.478 e. The van der Waals surface area contributed by atoms with Gasteiger partial charge in [-0.1, -0.05) is 17.7 Å². The molecule has 1 fully saturated rings. The van der Waals surface area contributed by atoms with Gasteiger partial charge in [-0.05, 0) is 12.1 Å². The monoisotopic (exact) mass is 254 g/mol. The van der Waals surface area contributed by atoms with E-state index in [2.05, 4.69) is 10.6 Å². The fourth-order valence-corrected chi connectivity index (χ4v) is 1.81. The van der Waals surface area contributed by atoms with Gasteiger partial charge in [0.05, 0.1) is 16.6 Å². The van der Waals surface area contributed by atoms with Crippen LogP contribution in [0.3, 0.4) is 0 Å². The first-order valence-corrected chi connectivity index (χ1v) is 5.51. The highest BCUT2D eigenvalue weighted by Crippen LogP contribution is 2.25. The Hall–Kier alpha value is -1.59. The summed E-state index contributed by atoms with van der Waals surface area (Å²) in [5, 5.41) is 14.7. The van der Waals surface area contributed by atoms with Crippen molar-refractivity contribution in [3.63, 3.8) is 0 Å². The molecular weight excluding hydrogens is 244 g/mol. The first-order valence-electron chi connectivity index (χ1n) is 5.13. The molecule has 1 amide bonds. The number of amides is 1. The van der Waals surface area contributed by atoms with E-state index in [1.54, 1.807) is 6.07 Å². The van der Waals surface area contributed by atoms with Crippen LogP contribution in [-0.4, -0.2) is 30.1 Å². The van der Waals surface area contributed by atoms with Crippen molar-refractivity contribution in [2.24, 2.45) is 5.92 Å². The zero-order valence-electron chi connectivity index (χ0n) is 8.87. The third-order valence-corrected chi connectivity index (χ3v) is 2.95. The normalized spacial score (nSPS) is 15.1. The van der Waals surface area contributed by atoms with Gasteiger partial charge in [-0.2, -0.15) is 0 Å². The Morgan fingerprint density at radius 1 is 1.41 bits per heavy atom. The van der Waals surface area contributed by atoms with Gasteiger partial charge in [0.15, 0.2) is 0 Å². The molecule has 0 saturated carbocycles. The quantitative estimate of drug-likeness (QED) is 0.757. The number of anilines is 1. The lowest BCUT2D eigenvalue weighted by molar-refractivity contribution is -0.121. The summed E-state index contributed by atoms with van der Waals surface area (Å²) in [6.07, 6.45) is 0. The summed E-state index contributed by atoms with van der Waals surface area (Å²) in [5.74, 6) is -1.44. The van der Waals surface area contributed by atoms with Crippen LogP contribution in [0.4, 0.5) is 5.69 Å². The van der Waals surface area contributed by atoms with E-state index in [1.165, 1.54) is 12.1 Å². The van der Waals surface area contributed by atoms with Gasteiger partial charge in [-0.25, -0.2) is 4.79 Å². The molecule has 1 aromatic rings. The maximum absolute atomic E-state index is 11.7. The Morgan fingerprint density at radius 3 is 2.65 bits per heavy atom. The summed E-state index contributed by atoms with van der Waals surface area (Å²) in [6.45, 7) is 1.24. The van der Waals surface area contributed by atoms with E-state index in [4.69, 9.17) is 16.7 Å². The molecule has 1 aromatic carbocycles. The molecule has 0 unspecified atom stereocenters. The van der Waals surface area contributed by atoms with E-state index in [9.17, 15) is 9.59 Å². The number of halogens is 1. The van der Waals surface area contributed by atoms with Crippen molar-refractivity contribution in [3.8, 4) is 0 Å². The van der Waals surface area contributed by atoms with E-state index >= 15 is 0 Å². The van der Waals surface area contributed by atoms with Crippen molar-refractivity contribution in [2.45, 2.75) is 0 Å². The highest BCUT2D eigenvalue weighted by atomic mass is 35.5. The summed E-state index contributed by atoms with van der Waals surface area (Å²) in [5.41, 5.74) is 0.164. The molecule has 3 N–H and O–H groups in total. The maximum atomic E-state index is 11.7. The Kier molecular flexibility index (Phi) is 3.31. The molecule has 90 valence electrons. The Bertz CT molecular complexity index is 472. The molecule has 1 heterocycles. The average molecular weight is 255 g/mol. The third kappa shape index (κ3) is 2.40. The molecule has 0 bridgehead atoms. The molecule has 5 nitrogen and oxygen atoms in total. The molecule has 0 spiro atoms. The predicted octanol–water partition coefficient (Wildman–Crippen LogP) is 1.20. The van der Waals surface area contributed by atoms with Crippen molar-refractivity contribution in [1.29, 1.82) is 0 Å². The van der Waals surface area contributed by atoms with E-state index < -0.39 is 5.97 Å². The lowest BCUT2D eigenvalue weighted by Gasteiger charge is -2.26. The zero-order valence-corrected chi connectivity index (χ0v) is 9.62. The molecule has 0 aliphatic carbocycles. The lowest BCUT2D eigenvalue weighted by Crippen LogP contribution is -2.48. The average Bonchev–Trinajstić information content (AvgIpc) is 2.13. The molecule has 1 saturated heterocycles. The van der Waals surface area contributed by atoms with Gasteiger partial charge in [0.25, 0.3) is 0 Å². The summed E-state index contributed by atoms with van der Waals surface area (Å²) in [4.78, 5) is 22.7. The summed E-state index contributed by atoms with van der Waals surface area (Å²) < 4.78 is 0. The number of carbonyl (C=O) groups excluding carboxylic acids is 1. The number of nitrogens with one attached hydrogen (secondary N) is 2. The van der Waals surface area contributed by atoms with E-state index in [0.29, 0.717) is 13.1 Å². The minimum atomic E-state index is -1.15. The van der Waals surface area contributed by atoms with Gasteiger partial charge >= 0.3 is 5.97 Å². The molecule has 0 atom stereocenters. The van der Waals surface area contributed by atoms with Crippen molar-refractivity contribution in [1.82, 2.24) is 5.32 Å². The number of rotatable bonds is 3. The molecule has 17 heavy (non-hydrogen) atoms. The predicted molar refractivity (Wildman–Crippen MR) is 63.4 cm³/mol. The summed E-state index contributed by atoms with van der Waals surface area (Å²) >= 11 is 5.79. The van der Waals surface area contributed by atoms with Crippen LogP contribution in [0.5, 0.6) is 0 Å². The van der Waals surface area contributed by atoms with Crippen LogP contribution >= 0.6 is 11.6 Å². The molecule has 1 aliphatic rings. The fraction of sp³-hybridized carbons (Fsp3) is 0.273. The number of carboxylic acids is 1. The Labute approximate surface area is 103 Å². The summed E-state index contributed by atoms with van der Waals surface area (Å²) in [7, 11) is 0. The second-order valence-electron chi connectivity index (χ2n) is 3.81. The van der Waals surface area contributed by atoms with Crippen LogP contribution < -0.4 is 10.6 Å². The van der Waals surface area contributed by atoms with Crippen LogP contribution in [0.15, 0.2) is 18.2 Å². The summed E-state index contributed by atoms with van der Waals surface area (Å²) in [6, 6.07) is 4.61. The van der Waals surface area contributed by atoms with E-state index in [-0.39, 0.29) is 28.1 Å². The molecular formula is C11H11ClN2O3. The van der Waals surface area contributed by atoms with Crippen LogP contribution in [0.2, 0.25) is 5.02 Å². The Balaban J connectivity index is 2.22. The van der Waals surface area contributed by atoms with Crippen molar-refractivity contribution < 1.29 is 14.7 Å². The number of carboxylic acid groups (broad SMARTS) is 1. The molecule has 6 heteroatoms. The second-order valence-corrected chi connectivity index (χ2v) is 4.22. The topological polar surface area (TPSA) is 78.4 Å². The molecule has 2 rings (SSSR count). The molecule has 0 radical (unpaired) electrons. The number of carbonyl (C=O) groups is 2.